The number of rotatable bonds is 1. The van der Waals surface area contributed by atoms with Crippen LogP contribution in [0.4, 0.5) is 0 Å². The van der Waals surface area contributed by atoms with Gasteiger partial charge in [-0.3, -0.25) is 0 Å². The Hall–Kier alpha value is -0.330. The Morgan fingerprint density at radius 3 is 2.40 bits per heavy atom. The van der Waals surface area contributed by atoms with Crippen molar-refractivity contribution >= 4 is 5.71 Å². The van der Waals surface area contributed by atoms with E-state index in [9.17, 15) is 0 Å². The highest BCUT2D eigenvalue weighted by molar-refractivity contribution is 5.83. The Morgan fingerprint density at radius 1 is 1.13 bits per heavy atom. The summed E-state index contributed by atoms with van der Waals surface area (Å²) in [6.45, 7) is 9.90. The van der Waals surface area contributed by atoms with Gasteiger partial charge >= 0.3 is 0 Å². The maximum absolute atomic E-state index is 2.71. The van der Waals surface area contributed by atoms with Crippen molar-refractivity contribution in [3.63, 3.8) is 0 Å². The quantitative estimate of drug-likeness (QED) is 0.582. The molecule has 2 fully saturated rings. The SMILES string of the molecule is CC1CCC(C(C)C)C(=[N+]2CCCC2)C1. The van der Waals surface area contributed by atoms with Crippen molar-refractivity contribution in [3.8, 4) is 0 Å². The Bertz CT molecular complexity index is 244. The van der Waals surface area contributed by atoms with E-state index in [0.29, 0.717) is 0 Å². The zero-order valence-electron chi connectivity index (χ0n) is 10.6. The van der Waals surface area contributed by atoms with E-state index in [-0.39, 0.29) is 0 Å². The molecule has 2 atom stereocenters. The minimum atomic E-state index is 0.841. The van der Waals surface area contributed by atoms with Crippen molar-refractivity contribution in [2.24, 2.45) is 17.8 Å². The molecule has 0 aromatic carbocycles. The van der Waals surface area contributed by atoms with E-state index in [1.807, 2.05) is 0 Å². The molecule has 86 valence electrons. The molecule has 0 amide bonds. The molecule has 2 rings (SSSR count). The number of hydrogen-bond donors (Lipinski definition) is 0. The average Bonchev–Trinajstić information content (AvgIpc) is 2.69. The van der Waals surface area contributed by atoms with Crippen molar-refractivity contribution < 1.29 is 4.58 Å². The molecule has 0 aromatic heterocycles. The van der Waals surface area contributed by atoms with Gasteiger partial charge in [-0.25, -0.2) is 4.58 Å². The van der Waals surface area contributed by atoms with Crippen molar-refractivity contribution in [1.82, 2.24) is 0 Å². The third-order valence-corrected chi connectivity index (χ3v) is 4.27. The Labute approximate surface area is 94.6 Å². The first-order valence-electron chi connectivity index (χ1n) is 6.79. The van der Waals surface area contributed by atoms with Gasteiger partial charge in [-0.05, 0) is 24.7 Å². The summed E-state index contributed by atoms with van der Waals surface area (Å²) in [5, 5.41) is 0. The summed E-state index contributed by atoms with van der Waals surface area (Å²) in [6, 6.07) is 0. The highest BCUT2D eigenvalue weighted by Crippen LogP contribution is 2.31. The standard InChI is InChI=1S/C14H26N/c1-11(2)13-7-6-12(3)10-14(13)15-8-4-5-9-15/h11-13H,4-10H2,1-3H3/q+1. The Morgan fingerprint density at radius 2 is 1.80 bits per heavy atom. The first kappa shape index (κ1) is 11.2. The van der Waals surface area contributed by atoms with Crippen LogP contribution < -0.4 is 0 Å². The first-order chi connectivity index (χ1) is 7.18. The zero-order valence-corrected chi connectivity index (χ0v) is 10.6. The second kappa shape index (κ2) is 4.67. The van der Waals surface area contributed by atoms with Crippen molar-refractivity contribution in [1.29, 1.82) is 0 Å². The van der Waals surface area contributed by atoms with Crippen molar-refractivity contribution in [3.05, 3.63) is 0 Å². The zero-order chi connectivity index (χ0) is 10.8. The van der Waals surface area contributed by atoms with Crippen LogP contribution in [-0.4, -0.2) is 23.4 Å². The third-order valence-electron chi connectivity index (χ3n) is 4.27. The first-order valence-corrected chi connectivity index (χ1v) is 6.79. The lowest BCUT2D eigenvalue weighted by Crippen LogP contribution is -2.34. The minimum absolute atomic E-state index is 0.841. The molecule has 1 saturated carbocycles. The minimum Gasteiger partial charge on any atom is -0.237 e. The predicted octanol–water partition coefficient (Wildman–Crippen LogP) is 3.33. The fraction of sp³-hybridized carbons (Fsp3) is 0.929. The lowest BCUT2D eigenvalue weighted by Gasteiger charge is -2.29. The predicted molar refractivity (Wildman–Crippen MR) is 65.6 cm³/mol. The van der Waals surface area contributed by atoms with Crippen LogP contribution in [0.2, 0.25) is 0 Å². The second-order valence-corrected chi connectivity index (χ2v) is 5.92. The molecule has 0 bridgehead atoms. The maximum Gasteiger partial charge on any atom is 0.155 e. The molecular formula is C14H26N+. The van der Waals surface area contributed by atoms with E-state index < -0.39 is 0 Å². The molecule has 1 aliphatic heterocycles. The van der Waals surface area contributed by atoms with Crippen LogP contribution in [0.5, 0.6) is 0 Å². The third kappa shape index (κ3) is 2.43. The second-order valence-electron chi connectivity index (χ2n) is 5.92. The summed E-state index contributed by atoms with van der Waals surface area (Å²) < 4.78 is 2.71. The molecule has 15 heavy (non-hydrogen) atoms. The lowest BCUT2D eigenvalue weighted by atomic mass is 9.76. The average molecular weight is 208 g/mol. The van der Waals surface area contributed by atoms with Crippen LogP contribution in [0.1, 0.15) is 52.9 Å². The van der Waals surface area contributed by atoms with Gasteiger partial charge in [-0.15, -0.1) is 0 Å². The fourth-order valence-electron chi connectivity index (χ4n) is 3.33. The lowest BCUT2D eigenvalue weighted by molar-refractivity contribution is -0.510. The van der Waals surface area contributed by atoms with Crippen molar-refractivity contribution in [2.75, 3.05) is 13.1 Å². The largest absolute Gasteiger partial charge is 0.237 e. The van der Waals surface area contributed by atoms with E-state index >= 15 is 0 Å². The molecule has 1 saturated heterocycles. The Kier molecular flexibility index (Phi) is 3.48. The van der Waals surface area contributed by atoms with Gasteiger partial charge in [0.1, 0.15) is 13.1 Å². The van der Waals surface area contributed by atoms with E-state index in [2.05, 4.69) is 25.3 Å². The van der Waals surface area contributed by atoms with E-state index in [1.165, 1.54) is 45.2 Å². The molecule has 2 unspecified atom stereocenters. The Balaban J connectivity index is 2.19. The van der Waals surface area contributed by atoms with Crippen LogP contribution in [0, 0.1) is 17.8 Å². The van der Waals surface area contributed by atoms with Crippen LogP contribution in [0.25, 0.3) is 0 Å². The van der Waals surface area contributed by atoms with Gasteiger partial charge in [0, 0.05) is 25.2 Å². The summed E-state index contributed by atoms with van der Waals surface area (Å²) in [5.74, 6) is 2.66. The summed E-state index contributed by atoms with van der Waals surface area (Å²) in [4.78, 5) is 0. The smallest absolute Gasteiger partial charge is 0.155 e. The summed E-state index contributed by atoms with van der Waals surface area (Å²) >= 11 is 0. The molecule has 1 aliphatic carbocycles. The molecule has 0 aromatic rings. The molecule has 1 heterocycles. The normalized spacial score (nSPS) is 32.8. The van der Waals surface area contributed by atoms with Crippen LogP contribution in [-0.2, 0) is 0 Å². The van der Waals surface area contributed by atoms with Crippen LogP contribution in [0.3, 0.4) is 0 Å². The highest BCUT2D eigenvalue weighted by atomic mass is 15.0. The van der Waals surface area contributed by atoms with Gasteiger partial charge in [-0.2, -0.15) is 0 Å². The fourth-order valence-corrected chi connectivity index (χ4v) is 3.33. The van der Waals surface area contributed by atoms with Crippen molar-refractivity contribution in [2.45, 2.75) is 52.9 Å². The van der Waals surface area contributed by atoms with Gasteiger partial charge in [0.05, 0.1) is 0 Å². The summed E-state index contributed by atoms with van der Waals surface area (Å²) in [7, 11) is 0. The molecule has 1 nitrogen and oxygen atoms in total. The number of nitrogens with zero attached hydrogens (tertiary/aromatic N) is 1. The molecular weight excluding hydrogens is 182 g/mol. The molecule has 0 spiro atoms. The van der Waals surface area contributed by atoms with E-state index in [4.69, 9.17) is 0 Å². The van der Waals surface area contributed by atoms with E-state index in [1.54, 1.807) is 5.71 Å². The van der Waals surface area contributed by atoms with Gasteiger partial charge in [0.15, 0.2) is 5.71 Å². The van der Waals surface area contributed by atoms with Gasteiger partial charge in [-0.1, -0.05) is 20.8 Å². The van der Waals surface area contributed by atoms with Gasteiger partial charge < -0.3 is 0 Å². The van der Waals surface area contributed by atoms with Crippen LogP contribution >= 0.6 is 0 Å². The molecule has 0 N–H and O–H groups in total. The highest BCUT2D eigenvalue weighted by Gasteiger charge is 2.34. The number of hydrogen-bond acceptors (Lipinski definition) is 0. The van der Waals surface area contributed by atoms with Crippen LogP contribution in [0.15, 0.2) is 0 Å². The van der Waals surface area contributed by atoms with Gasteiger partial charge in [0.2, 0.25) is 0 Å². The maximum atomic E-state index is 2.71. The molecule has 2 aliphatic rings. The topological polar surface area (TPSA) is 3.01 Å². The summed E-state index contributed by atoms with van der Waals surface area (Å²) in [5.41, 5.74) is 1.81. The van der Waals surface area contributed by atoms with E-state index in [0.717, 1.165) is 17.8 Å². The summed E-state index contributed by atoms with van der Waals surface area (Å²) in [6.07, 6.45) is 7.10. The molecule has 1 heteroatoms. The van der Waals surface area contributed by atoms with Gasteiger partial charge in [0.25, 0.3) is 0 Å². The monoisotopic (exact) mass is 208 g/mol. The molecule has 0 radical (unpaired) electrons.